The lowest BCUT2D eigenvalue weighted by Crippen LogP contribution is -2.04. The third-order valence-corrected chi connectivity index (χ3v) is 1.79. The highest BCUT2D eigenvalue weighted by atomic mass is 35.5. The van der Waals surface area contributed by atoms with Crippen molar-refractivity contribution in [3.63, 3.8) is 0 Å². The Bertz CT molecular complexity index is 250. The molecule has 0 heterocycles. The zero-order valence-electron chi connectivity index (χ0n) is 6.83. The summed E-state index contributed by atoms with van der Waals surface area (Å²) in [5.74, 6) is 0. The standard InChI is InChI=1S/C9H11ClO2/c1-12-6-9(11)7-3-2-4-8(10)5-7/h2-5,9,11H,6H2,1H3/t9-/m1/s1. The molecule has 1 aromatic rings. The van der Waals surface area contributed by atoms with Gasteiger partial charge in [0.2, 0.25) is 0 Å². The van der Waals surface area contributed by atoms with Crippen molar-refractivity contribution in [2.75, 3.05) is 13.7 Å². The number of aliphatic hydroxyl groups is 1. The molecule has 12 heavy (non-hydrogen) atoms. The van der Waals surface area contributed by atoms with E-state index in [1.165, 1.54) is 0 Å². The van der Waals surface area contributed by atoms with Crippen LogP contribution in [-0.4, -0.2) is 18.8 Å². The van der Waals surface area contributed by atoms with E-state index in [0.717, 1.165) is 5.56 Å². The van der Waals surface area contributed by atoms with Gasteiger partial charge in [-0.15, -0.1) is 0 Å². The lowest BCUT2D eigenvalue weighted by Gasteiger charge is -2.09. The van der Waals surface area contributed by atoms with Crippen LogP contribution < -0.4 is 0 Å². The summed E-state index contributed by atoms with van der Waals surface area (Å²) in [5, 5.41) is 10.1. The first kappa shape index (κ1) is 9.52. The van der Waals surface area contributed by atoms with Crippen LogP contribution in [0.2, 0.25) is 5.02 Å². The van der Waals surface area contributed by atoms with Gasteiger partial charge in [-0.3, -0.25) is 0 Å². The van der Waals surface area contributed by atoms with Crippen molar-refractivity contribution >= 4 is 11.6 Å². The second kappa shape index (κ2) is 4.45. The van der Waals surface area contributed by atoms with Crippen LogP contribution in [0.5, 0.6) is 0 Å². The molecule has 0 aliphatic carbocycles. The summed E-state index contributed by atoms with van der Waals surface area (Å²) >= 11 is 5.74. The van der Waals surface area contributed by atoms with Gasteiger partial charge in [-0.25, -0.2) is 0 Å². The number of rotatable bonds is 3. The second-order valence-corrected chi connectivity index (χ2v) is 2.96. The topological polar surface area (TPSA) is 29.5 Å². The van der Waals surface area contributed by atoms with Gasteiger partial charge in [-0.05, 0) is 17.7 Å². The molecule has 0 saturated heterocycles. The number of aliphatic hydroxyl groups excluding tert-OH is 1. The molecule has 0 unspecified atom stereocenters. The van der Waals surface area contributed by atoms with Gasteiger partial charge >= 0.3 is 0 Å². The fraction of sp³-hybridized carbons (Fsp3) is 0.333. The van der Waals surface area contributed by atoms with Crippen molar-refractivity contribution in [3.05, 3.63) is 34.9 Å². The van der Waals surface area contributed by atoms with E-state index in [4.69, 9.17) is 16.3 Å². The van der Waals surface area contributed by atoms with Gasteiger partial charge in [0.15, 0.2) is 0 Å². The summed E-state index contributed by atoms with van der Waals surface area (Å²) in [5.41, 5.74) is 0.782. The average molecular weight is 187 g/mol. The van der Waals surface area contributed by atoms with E-state index in [1.54, 1.807) is 25.3 Å². The zero-order valence-corrected chi connectivity index (χ0v) is 7.58. The summed E-state index contributed by atoms with van der Waals surface area (Å²) in [4.78, 5) is 0. The van der Waals surface area contributed by atoms with E-state index in [9.17, 15) is 5.11 Å². The normalized spacial score (nSPS) is 12.9. The molecule has 0 aliphatic heterocycles. The van der Waals surface area contributed by atoms with Crippen LogP contribution in [0.3, 0.4) is 0 Å². The van der Waals surface area contributed by atoms with E-state index in [1.807, 2.05) is 6.07 Å². The predicted molar refractivity (Wildman–Crippen MR) is 48.3 cm³/mol. The molecule has 1 rings (SSSR count). The maximum atomic E-state index is 9.46. The van der Waals surface area contributed by atoms with Crippen LogP contribution in [0.1, 0.15) is 11.7 Å². The van der Waals surface area contributed by atoms with Gasteiger partial charge < -0.3 is 9.84 Å². The minimum Gasteiger partial charge on any atom is -0.386 e. The van der Waals surface area contributed by atoms with Crippen molar-refractivity contribution in [2.24, 2.45) is 0 Å². The van der Waals surface area contributed by atoms with Gasteiger partial charge in [0.05, 0.1) is 6.61 Å². The van der Waals surface area contributed by atoms with E-state index in [0.29, 0.717) is 11.6 Å². The van der Waals surface area contributed by atoms with E-state index in [2.05, 4.69) is 0 Å². The number of hydrogen-bond acceptors (Lipinski definition) is 2. The third-order valence-electron chi connectivity index (χ3n) is 1.56. The van der Waals surface area contributed by atoms with Crippen molar-refractivity contribution in [1.82, 2.24) is 0 Å². The Balaban J connectivity index is 2.73. The molecule has 2 nitrogen and oxygen atoms in total. The molecule has 1 N–H and O–H groups in total. The van der Waals surface area contributed by atoms with Gasteiger partial charge in [-0.2, -0.15) is 0 Å². The fourth-order valence-corrected chi connectivity index (χ4v) is 1.17. The van der Waals surface area contributed by atoms with Crippen molar-refractivity contribution < 1.29 is 9.84 Å². The zero-order chi connectivity index (χ0) is 8.97. The molecule has 0 aromatic heterocycles. The van der Waals surface area contributed by atoms with Crippen LogP contribution >= 0.6 is 11.6 Å². The van der Waals surface area contributed by atoms with E-state index >= 15 is 0 Å². The molecule has 1 atom stereocenters. The Labute approximate surface area is 76.7 Å². The van der Waals surface area contributed by atoms with Crippen molar-refractivity contribution in [2.45, 2.75) is 6.10 Å². The lowest BCUT2D eigenvalue weighted by atomic mass is 10.1. The number of hydrogen-bond donors (Lipinski definition) is 1. The van der Waals surface area contributed by atoms with Gasteiger partial charge in [0, 0.05) is 12.1 Å². The molecule has 0 spiro atoms. The van der Waals surface area contributed by atoms with Crippen LogP contribution in [0.4, 0.5) is 0 Å². The SMILES string of the molecule is COC[C@@H](O)c1cccc(Cl)c1. The maximum absolute atomic E-state index is 9.46. The summed E-state index contributed by atoms with van der Waals surface area (Å²) in [6, 6.07) is 7.11. The molecule has 0 saturated carbocycles. The Kier molecular flexibility index (Phi) is 3.53. The Morgan fingerprint density at radius 1 is 1.58 bits per heavy atom. The van der Waals surface area contributed by atoms with E-state index in [-0.39, 0.29) is 0 Å². The summed E-state index contributed by atoms with van der Waals surface area (Å²) < 4.78 is 4.80. The molecule has 0 amide bonds. The third kappa shape index (κ3) is 2.48. The molecule has 0 radical (unpaired) electrons. The Hall–Kier alpha value is -0.570. The molecule has 0 bridgehead atoms. The highest BCUT2D eigenvalue weighted by molar-refractivity contribution is 6.30. The van der Waals surface area contributed by atoms with Crippen LogP contribution in [0.25, 0.3) is 0 Å². The number of methoxy groups -OCH3 is 1. The van der Waals surface area contributed by atoms with E-state index < -0.39 is 6.10 Å². The average Bonchev–Trinajstić information content (AvgIpc) is 2.05. The largest absolute Gasteiger partial charge is 0.386 e. The number of benzene rings is 1. The minimum absolute atomic E-state index is 0.292. The smallest absolute Gasteiger partial charge is 0.102 e. The highest BCUT2D eigenvalue weighted by Crippen LogP contribution is 2.17. The quantitative estimate of drug-likeness (QED) is 0.783. The summed E-state index contributed by atoms with van der Waals surface area (Å²) in [6.45, 7) is 0.292. The fourth-order valence-electron chi connectivity index (χ4n) is 0.968. The highest BCUT2D eigenvalue weighted by Gasteiger charge is 2.05. The summed E-state index contributed by atoms with van der Waals surface area (Å²) in [6.07, 6.45) is -0.589. The number of ether oxygens (including phenoxy) is 1. The van der Waals surface area contributed by atoms with Crippen molar-refractivity contribution in [3.8, 4) is 0 Å². The monoisotopic (exact) mass is 186 g/mol. The molecule has 66 valence electrons. The molecule has 3 heteroatoms. The van der Waals surface area contributed by atoms with Gasteiger partial charge in [-0.1, -0.05) is 23.7 Å². The van der Waals surface area contributed by atoms with Crippen LogP contribution in [0, 0.1) is 0 Å². The summed E-state index contributed by atoms with van der Waals surface area (Å²) in [7, 11) is 1.55. The Morgan fingerprint density at radius 3 is 2.92 bits per heavy atom. The molecule has 0 aliphatic rings. The van der Waals surface area contributed by atoms with Crippen LogP contribution in [-0.2, 0) is 4.74 Å². The minimum atomic E-state index is -0.589. The molecular formula is C9H11ClO2. The second-order valence-electron chi connectivity index (χ2n) is 2.53. The van der Waals surface area contributed by atoms with Crippen LogP contribution in [0.15, 0.2) is 24.3 Å². The molecule has 0 fully saturated rings. The molecule has 1 aromatic carbocycles. The lowest BCUT2D eigenvalue weighted by molar-refractivity contribution is 0.0644. The molecular weight excluding hydrogens is 176 g/mol. The predicted octanol–water partition coefficient (Wildman–Crippen LogP) is 2.02. The maximum Gasteiger partial charge on any atom is 0.102 e. The Morgan fingerprint density at radius 2 is 2.33 bits per heavy atom. The van der Waals surface area contributed by atoms with Crippen molar-refractivity contribution in [1.29, 1.82) is 0 Å². The first-order valence-electron chi connectivity index (χ1n) is 3.66. The first-order chi connectivity index (χ1) is 5.74. The first-order valence-corrected chi connectivity index (χ1v) is 4.04. The van der Waals surface area contributed by atoms with Gasteiger partial charge in [0.1, 0.15) is 6.10 Å². The number of halogens is 1. The van der Waals surface area contributed by atoms with Gasteiger partial charge in [0.25, 0.3) is 0 Å².